The average molecular weight is 309 g/mol. The predicted octanol–water partition coefficient (Wildman–Crippen LogP) is 3.53. The number of aromatic nitrogens is 1. The Balaban J connectivity index is 2.24. The van der Waals surface area contributed by atoms with Gasteiger partial charge in [-0.05, 0) is 54.3 Å². The summed E-state index contributed by atoms with van der Waals surface area (Å²) in [6, 6.07) is 6.38. The van der Waals surface area contributed by atoms with Crippen molar-refractivity contribution < 1.29 is 4.39 Å². The molecular formula is C14H14BrFN2. The normalized spacial score (nSPS) is 12.4. The minimum absolute atomic E-state index is 0.184. The maximum atomic E-state index is 13.2. The van der Waals surface area contributed by atoms with Crippen molar-refractivity contribution in [2.75, 3.05) is 0 Å². The van der Waals surface area contributed by atoms with Crippen LogP contribution in [0.1, 0.15) is 22.7 Å². The van der Waals surface area contributed by atoms with Gasteiger partial charge in [-0.3, -0.25) is 4.98 Å². The molecule has 0 fully saturated rings. The molecule has 1 aromatic heterocycles. The molecule has 0 saturated heterocycles. The number of pyridine rings is 1. The molecule has 0 radical (unpaired) electrons. The second-order valence-corrected chi connectivity index (χ2v) is 5.13. The Labute approximate surface area is 114 Å². The lowest BCUT2D eigenvalue weighted by Gasteiger charge is -2.15. The van der Waals surface area contributed by atoms with Gasteiger partial charge in [0.15, 0.2) is 0 Å². The van der Waals surface area contributed by atoms with Gasteiger partial charge in [0, 0.05) is 22.9 Å². The van der Waals surface area contributed by atoms with Crippen LogP contribution < -0.4 is 5.73 Å². The zero-order valence-electron chi connectivity index (χ0n) is 10.0. The fourth-order valence-corrected chi connectivity index (χ4v) is 2.32. The first-order valence-corrected chi connectivity index (χ1v) is 6.47. The highest BCUT2D eigenvalue weighted by Crippen LogP contribution is 2.24. The molecule has 0 aliphatic rings. The van der Waals surface area contributed by atoms with Crippen molar-refractivity contribution in [2.24, 2.45) is 5.73 Å². The van der Waals surface area contributed by atoms with Crippen LogP contribution in [0, 0.1) is 12.7 Å². The molecule has 18 heavy (non-hydrogen) atoms. The number of halogens is 2. The molecule has 2 N–H and O–H groups in total. The molecule has 94 valence electrons. The summed E-state index contributed by atoms with van der Waals surface area (Å²) in [4.78, 5) is 4.08. The van der Waals surface area contributed by atoms with Crippen LogP contribution in [0.25, 0.3) is 0 Å². The van der Waals surface area contributed by atoms with Crippen LogP contribution in [0.4, 0.5) is 4.39 Å². The Morgan fingerprint density at radius 2 is 2.17 bits per heavy atom. The summed E-state index contributed by atoms with van der Waals surface area (Å²) < 4.78 is 14.1. The Bertz CT molecular complexity index is 557. The molecular weight excluding hydrogens is 295 g/mol. The lowest BCUT2D eigenvalue weighted by molar-refractivity contribution is 0.621. The van der Waals surface area contributed by atoms with E-state index in [1.807, 2.05) is 13.0 Å². The number of nitrogens with zero attached hydrogens (tertiary/aromatic N) is 1. The monoisotopic (exact) mass is 308 g/mol. The highest BCUT2D eigenvalue weighted by atomic mass is 79.9. The highest BCUT2D eigenvalue weighted by Gasteiger charge is 2.12. The van der Waals surface area contributed by atoms with Crippen molar-refractivity contribution in [3.63, 3.8) is 0 Å². The summed E-state index contributed by atoms with van der Waals surface area (Å²) in [5.41, 5.74) is 9.13. The van der Waals surface area contributed by atoms with E-state index in [2.05, 4.69) is 20.9 Å². The molecule has 0 aliphatic carbocycles. The molecule has 2 nitrogen and oxygen atoms in total. The summed E-state index contributed by atoms with van der Waals surface area (Å²) in [5, 5.41) is 0. The SMILES string of the molecule is Cc1ccncc1C(N)Cc1cc(F)ccc1Br. The largest absolute Gasteiger partial charge is 0.324 e. The van der Waals surface area contributed by atoms with Gasteiger partial charge >= 0.3 is 0 Å². The standard InChI is InChI=1S/C14H14BrFN2/c1-9-4-5-18-8-12(9)14(17)7-10-6-11(16)2-3-13(10)15/h2-6,8,14H,7,17H2,1H3. The van der Waals surface area contributed by atoms with E-state index in [1.54, 1.807) is 18.5 Å². The first kappa shape index (κ1) is 13.2. The van der Waals surface area contributed by atoms with Gasteiger partial charge in [-0.25, -0.2) is 4.39 Å². The molecule has 0 amide bonds. The summed E-state index contributed by atoms with van der Waals surface area (Å²) in [5.74, 6) is -0.247. The van der Waals surface area contributed by atoms with Crippen LogP contribution in [0.15, 0.2) is 41.1 Å². The van der Waals surface area contributed by atoms with E-state index in [0.717, 1.165) is 21.2 Å². The van der Waals surface area contributed by atoms with E-state index >= 15 is 0 Å². The van der Waals surface area contributed by atoms with Crippen molar-refractivity contribution in [1.82, 2.24) is 4.98 Å². The summed E-state index contributed by atoms with van der Waals surface area (Å²) in [6.07, 6.45) is 4.09. The van der Waals surface area contributed by atoms with Gasteiger partial charge in [0.2, 0.25) is 0 Å². The highest BCUT2D eigenvalue weighted by molar-refractivity contribution is 9.10. The zero-order chi connectivity index (χ0) is 13.1. The molecule has 0 spiro atoms. The van der Waals surface area contributed by atoms with E-state index < -0.39 is 0 Å². The Hall–Kier alpha value is -1.26. The second-order valence-electron chi connectivity index (χ2n) is 4.28. The van der Waals surface area contributed by atoms with Crippen LogP contribution in [-0.4, -0.2) is 4.98 Å². The third-order valence-corrected chi connectivity index (χ3v) is 3.70. The number of rotatable bonds is 3. The van der Waals surface area contributed by atoms with Crippen LogP contribution >= 0.6 is 15.9 Å². The van der Waals surface area contributed by atoms with Crippen molar-refractivity contribution in [2.45, 2.75) is 19.4 Å². The van der Waals surface area contributed by atoms with Crippen molar-refractivity contribution in [1.29, 1.82) is 0 Å². The Morgan fingerprint density at radius 1 is 1.39 bits per heavy atom. The molecule has 1 atom stereocenters. The smallest absolute Gasteiger partial charge is 0.123 e. The first-order chi connectivity index (χ1) is 8.58. The van der Waals surface area contributed by atoms with Crippen LogP contribution in [0.3, 0.4) is 0 Å². The third-order valence-electron chi connectivity index (χ3n) is 2.93. The van der Waals surface area contributed by atoms with Gasteiger partial charge < -0.3 is 5.73 Å². The van der Waals surface area contributed by atoms with Crippen molar-refractivity contribution in [3.8, 4) is 0 Å². The topological polar surface area (TPSA) is 38.9 Å². The van der Waals surface area contributed by atoms with Gasteiger partial charge in [0.25, 0.3) is 0 Å². The van der Waals surface area contributed by atoms with Gasteiger partial charge in [0.05, 0.1) is 0 Å². The molecule has 4 heteroatoms. The Morgan fingerprint density at radius 3 is 2.89 bits per heavy atom. The average Bonchev–Trinajstić information content (AvgIpc) is 2.34. The van der Waals surface area contributed by atoms with E-state index in [4.69, 9.17) is 5.73 Å². The molecule has 2 rings (SSSR count). The predicted molar refractivity (Wildman–Crippen MR) is 73.7 cm³/mol. The van der Waals surface area contributed by atoms with Gasteiger partial charge in [-0.1, -0.05) is 15.9 Å². The molecule has 1 unspecified atom stereocenters. The van der Waals surface area contributed by atoms with Crippen LogP contribution in [0.5, 0.6) is 0 Å². The van der Waals surface area contributed by atoms with Gasteiger partial charge in [0.1, 0.15) is 5.82 Å². The number of benzene rings is 1. The maximum absolute atomic E-state index is 13.2. The molecule has 0 bridgehead atoms. The van der Waals surface area contributed by atoms with Crippen LogP contribution in [0.2, 0.25) is 0 Å². The molecule has 1 heterocycles. The lowest BCUT2D eigenvalue weighted by Crippen LogP contribution is -2.15. The van der Waals surface area contributed by atoms with E-state index in [-0.39, 0.29) is 11.9 Å². The van der Waals surface area contributed by atoms with Gasteiger partial charge in [-0.2, -0.15) is 0 Å². The molecule has 2 aromatic rings. The van der Waals surface area contributed by atoms with Gasteiger partial charge in [-0.15, -0.1) is 0 Å². The van der Waals surface area contributed by atoms with Crippen LogP contribution in [-0.2, 0) is 6.42 Å². The quantitative estimate of drug-likeness (QED) is 0.942. The third kappa shape index (κ3) is 2.94. The molecule has 1 aromatic carbocycles. The second kappa shape index (κ2) is 5.59. The minimum atomic E-state index is -0.247. The number of hydrogen-bond acceptors (Lipinski definition) is 2. The fourth-order valence-electron chi connectivity index (χ4n) is 1.91. The number of hydrogen-bond donors (Lipinski definition) is 1. The molecule has 0 aliphatic heterocycles. The molecule has 0 saturated carbocycles. The summed E-state index contributed by atoms with van der Waals surface area (Å²) in [7, 11) is 0. The van der Waals surface area contributed by atoms with E-state index in [0.29, 0.717) is 6.42 Å². The van der Waals surface area contributed by atoms with Crippen molar-refractivity contribution >= 4 is 15.9 Å². The summed E-state index contributed by atoms with van der Waals surface area (Å²) >= 11 is 3.41. The first-order valence-electron chi connectivity index (χ1n) is 5.68. The number of nitrogens with two attached hydrogens (primary N) is 1. The Kier molecular flexibility index (Phi) is 4.09. The summed E-state index contributed by atoms with van der Waals surface area (Å²) in [6.45, 7) is 2.00. The zero-order valence-corrected chi connectivity index (χ0v) is 11.6. The van der Waals surface area contributed by atoms with Crippen molar-refractivity contribution in [3.05, 3.63) is 63.6 Å². The van der Waals surface area contributed by atoms with E-state index in [9.17, 15) is 4.39 Å². The maximum Gasteiger partial charge on any atom is 0.123 e. The lowest BCUT2D eigenvalue weighted by atomic mass is 9.98. The minimum Gasteiger partial charge on any atom is -0.324 e. The van der Waals surface area contributed by atoms with E-state index in [1.165, 1.54) is 12.1 Å². The fraction of sp³-hybridized carbons (Fsp3) is 0.214. The number of aryl methyl sites for hydroxylation is 1.